The first-order valence-electron chi connectivity index (χ1n) is 5.53. The van der Waals surface area contributed by atoms with Gasteiger partial charge < -0.3 is 19.7 Å². The van der Waals surface area contributed by atoms with Crippen LogP contribution in [0, 0.1) is 0 Å². The second-order valence-corrected chi connectivity index (χ2v) is 3.75. The lowest BCUT2D eigenvalue weighted by Crippen LogP contribution is -2.01. The average molecular weight is 249 g/mol. The molecule has 0 fully saturated rings. The number of benzene rings is 1. The first kappa shape index (κ1) is 12.4. The molecule has 1 unspecified atom stereocenters. The number of aromatic nitrogens is 2. The molecule has 0 aliphatic rings. The predicted octanol–water partition coefficient (Wildman–Crippen LogP) is 1.94. The van der Waals surface area contributed by atoms with Gasteiger partial charge in [-0.05, 0) is 19.1 Å². The summed E-state index contributed by atoms with van der Waals surface area (Å²) in [5, 5.41) is 3.80. The summed E-state index contributed by atoms with van der Waals surface area (Å²) in [5.41, 5.74) is 6.32. The predicted molar refractivity (Wildman–Crippen MR) is 64.9 cm³/mol. The van der Waals surface area contributed by atoms with E-state index >= 15 is 0 Å². The van der Waals surface area contributed by atoms with E-state index in [4.69, 9.17) is 19.7 Å². The minimum atomic E-state index is -0.204. The molecular formula is C12H15N3O3. The van der Waals surface area contributed by atoms with Gasteiger partial charge >= 0.3 is 0 Å². The van der Waals surface area contributed by atoms with Crippen molar-refractivity contribution in [2.45, 2.75) is 19.6 Å². The van der Waals surface area contributed by atoms with Gasteiger partial charge in [-0.2, -0.15) is 4.98 Å². The van der Waals surface area contributed by atoms with Crippen LogP contribution < -0.4 is 10.5 Å². The number of hydrogen-bond acceptors (Lipinski definition) is 6. The van der Waals surface area contributed by atoms with Gasteiger partial charge in [0.2, 0.25) is 0 Å². The number of nitrogens with zero attached hydrogens (tertiary/aromatic N) is 2. The minimum absolute atomic E-state index is 0.178. The number of anilines is 1. The van der Waals surface area contributed by atoms with E-state index in [2.05, 4.69) is 10.1 Å². The standard InChI is InChI=1S/C12H15N3O3/c1-8(16-2)12-14-11(18-15-12)7-17-10-6-4-3-5-9(10)13/h3-6,8H,7,13H2,1-2H3. The van der Waals surface area contributed by atoms with Crippen molar-refractivity contribution in [1.82, 2.24) is 10.1 Å². The second kappa shape index (κ2) is 5.50. The van der Waals surface area contributed by atoms with Crippen LogP contribution in [0.25, 0.3) is 0 Å². The molecule has 2 aromatic rings. The van der Waals surface area contributed by atoms with E-state index in [1.54, 1.807) is 19.2 Å². The third-order valence-electron chi connectivity index (χ3n) is 2.47. The van der Waals surface area contributed by atoms with Crippen LogP contribution in [0.1, 0.15) is 24.7 Å². The molecule has 0 radical (unpaired) electrons. The Morgan fingerprint density at radius 1 is 1.39 bits per heavy atom. The molecule has 1 aromatic heterocycles. The van der Waals surface area contributed by atoms with E-state index in [1.807, 2.05) is 19.1 Å². The first-order valence-corrected chi connectivity index (χ1v) is 5.53. The molecule has 0 bridgehead atoms. The van der Waals surface area contributed by atoms with Crippen molar-refractivity contribution in [3.8, 4) is 5.75 Å². The zero-order valence-corrected chi connectivity index (χ0v) is 10.3. The minimum Gasteiger partial charge on any atom is -0.482 e. The highest BCUT2D eigenvalue weighted by Crippen LogP contribution is 2.21. The Balaban J connectivity index is 1.98. The molecule has 0 aliphatic carbocycles. The lowest BCUT2D eigenvalue weighted by molar-refractivity contribution is 0.109. The lowest BCUT2D eigenvalue weighted by atomic mass is 10.3. The number of nitrogens with two attached hydrogens (primary N) is 1. The van der Waals surface area contributed by atoms with E-state index in [-0.39, 0.29) is 12.7 Å². The summed E-state index contributed by atoms with van der Waals surface area (Å²) < 4.78 is 15.6. The summed E-state index contributed by atoms with van der Waals surface area (Å²) in [6.07, 6.45) is -0.204. The molecule has 6 heteroatoms. The molecule has 18 heavy (non-hydrogen) atoms. The molecule has 96 valence electrons. The maximum Gasteiger partial charge on any atom is 0.264 e. The van der Waals surface area contributed by atoms with Gasteiger partial charge in [0.15, 0.2) is 12.4 Å². The molecule has 2 rings (SSSR count). The van der Waals surface area contributed by atoms with Crippen LogP contribution >= 0.6 is 0 Å². The van der Waals surface area contributed by atoms with Crippen LogP contribution in [0.4, 0.5) is 5.69 Å². The summed E-state index contributed by atoms with van der Waals surface area (Å²) in [6.45, 7) is 2.02. The maximum absolute atomic E-state index is 5.75. The van der Waals surface area contributed by atoms with Crippen molar-refractivity contribution in [3.63, 3.8) is 0 Å². The van der Waals surface area contributed by atoms with Crippen LogP contribution in [-0.4, -0.2) is 17.3 Å². The topological polar surface area (TPSA) is 83.4 Å². The Morgan fingerprint density at radius 3 is 2.89 bits per heavy atom. The summed E-state index contributed by atoms with van der Waals surface area (Å²) >= 11 is 0. The van der Waals surface area contributed by atoms with Crippen molar-refractivity contribution in [1.29, 1.82) is 0 Å². The number of methoxy groups -OCH3 is 1. The average Bonchev–Trinajstić information content (AvgIpc) is 2.86. The van der Waals surface area contributed by atoms with Crippen LogP contribution in [-0.2, 0) is 11.3 Å². The molecule has 6 nitrogen and oxygen atoms in total. The molecule has 0 saturated heterocycles. The van der Waals surface area contributed by atoms with E-state index in [1.165, 1.54) is 0 Å². The largest absolute Gasteiger partial charge is 0.482 e. The Hall–Kier alpha value is -2.08. The molecular weight excluding hydrogens is 234 g/mol. The number of hydrogen-bond donors (Lipinski definition) is 1. The Labute approximate surface area is 105 Å². The molecule has 1 atom stereocenters. The van der Waals surface area contributed by atoms with Crippen molar-refractivity contribution in [2.75, 3.05) is 12.8 Å². The highest BCUT2D eigenvalue weighted by atomic mass is 16.5. The number of ether oxygens (including phenoxy) is 2. The molecule has 0 spiro atoms. The van der Waals surface area contributed by atoms with Gasteiger partial charge in [0.1, 0.15) is 11.9 Å². The van der Waals surface area contributed by atoms with E-state index in [0.29, 0.717) is 23.2 Å². The monoisotopic (exact) mass is 249 g/mol. The molecule has 0 aliphatic heterocycles. The number of nitrogen functional groups attached to an aromatic ring is 1. The van der Waals surface area contributed by atoms with Crippen molar-refractivity contribution < 1.29 is 14.0 Å². The Kier molecular flexibility index (Phi) is 3.78. The van der Waals surface area contributed by atoms with Crippen molar-refractivity contribution in [2.24, 2.45) is 0 Å². The lowest BCUT2D eigenvalue weighted by Gasteiger charge is -2.05. The fraction of sp³-hybridized carbons (Fsp3) is 0.333. The van der Waals surface area contributed by atoms with Gasteiger partial charge in [-0.25, -0.2) is 0 Å². The maximum atomic E-state index is 5.75. The zero-order valence-electron chi connectivity index (χ0n) is 10.3. The fourth-order valence-corrected chi connectivity index (χ4v) is 1.35. The third-order valence-corrected chi connectivity index (χ3v) is 2.47. The van der Waals surface area contributed by atoms with Gasteiger partial charge in [-0.1, -0.05) is 17.3 Å². The van der Waals surface area contributed by atoms with Crippen LogP contribution in [0.3, 0.4) is 0 Å². The summed E-state index contributed by atoms with van der Waals surface area (Å²) in [4.78, 5) is 4.16. The van der Waals surface area contributed by atoms with Crippen LogP contribution in [0.5, 0.6) is 5.75 Å². The van der Waals surface area contributed by atoms with Gasteiger partial charge in [0, 0.05) is 7.11 Å². The van der Waals surface area contributed by atoms with Gasteiger partial charge in [-0.15, -0.1) is 0 Å². The number of para-hydroxylation sites is 2. The second-order valence-electron chi connectivity index (χ2n) is 3.75. The van der Waals surface area contributed by atoms with Crippen LogP contribution in [0.15, 0.2) is 28.8 Å². The summed E-state index contributed by atoms with van der Waals surface area (Å²) in [7, 11) is 1.59. The Morgan fingerprint density at radius 2 is 2.17 bits per heavy atom. The third kappa shape index (κ3) is 2.78. The zero-order chi connectivity index (χ0) is 13.0. The Bertz CT molecular complexity index is 513. The van der Waals surface area contributed by atoms with E-state index in [9.17, 15) is 0 Å². The van der Waals surface area contributed by atoms with Gasteiger partial charge in [0.05, 0.1) is 5.69 Å². The highest BCUT2D eigenvalue weighted by molar-refractivity contribution is 5.51. The molecule has 0 amide bonds. The smallest absolute Gasteiger partial charge is 0.264 e. The first-order chi connectivity index (χ1) is 8.70. The fourth-order valence-electron chi connectivity index (χ4n) is 1.35. The normalized spacial score (nSPS) is 12.3. The van der Waals surface area contributed by atoms with Crippen molar-refractivity contribution in [3.05, 3.63) is 36.0 Å². The van der Waals surface area contributed by atoms with E-state index < -0.39 is 0 Å². The SMILES string of the molecule is COC(C)c1noc(COc2ccccc2N)n1. The molecule has 1 aromatic carbocycles. The van der Waals surface area contributed by atoms with Crippen LogP contribution in [0.2, 0.25) is 0 Å². The molecule has 2 N–H and O–H groups in total. The van der Waals surface area contributed by atoms with E-state index in [0.717, 1.165) is 0 Å². The highest BCUT2D eigenvalue weighted by Gasteiger charge is 2.13. The van der Waals surface area contributed by atoms with Gasteiger partial charge in [0.25, 0.3) is 5.89 Å². The molecule has 0 saturated carbocycles. The molecule has 1 heterocycles. The summed E-state index contributed by atoms with van der Waals surface area (Å²) in [5.74, 6) is 1.48. The van der Waals surface area contributed by atoms with Gasteiger partial charge in [-0.3, -0.25) is 0 Å². The quantitative estimate of drug-likeness (QED) is 0.815. The number of rotatable bonds is 5. The summed E-state index contributed by atoms with van der Waals surface area (Å²) in [6, 6.07) is 7.23. The van der Waals surface area contributed by atoms with Crippen molar-refractivity contribution >= 4 is 5.69 Å².